The molecule has 0 saturated heterocycles. The fourth-order valence-corrected chi connectivity index (χ4v) is 1.82. The number of nitrogens with zero attached hydrogens (tertiary/aromatic N) is 1. The second-order valence-electron chi connectivity index (χ2n) is 4.65. The predicted molar refractivity (Wildman–Crippen MR) is 72.2 cm³/mol. The molecule has 0 amide bonds. The van der Waals surface area contributed by atoms with Gasteiger partial charge in [-0.3, -0.25) is 0 Å². The Labute approximate surface area is 111 Å². The minimum Gasteiger partial charge on any atom is -0.633 e. The van der Waals surface area contributed by atoms with Crippen molar-refractivity contribution in [3.05, 3.63) is 5.21 Å². The first-order valence-corrected chi connectivity index (χ1v) is 6.65. The number of rotatable bonds is 11. The molecule has 0 rings (SSSR count). The van der Waals surface area contributed by atoms with Crippen LogP contribution in [0, 0.1) is 5.21 Å². The van der Waals surface area contributed by atoms with E-state index in [0.717, 1.165) is 19.3 Å². The van der Waals surface area contributed by atoms with Crippen molar-refractivity contribution in [2.24, 2.45) is 0 Å². The normalized spacial score (nSPS) is 19.1. The molecular weight excluding hydrogens is 198 g/mol. The molecule has 0 heterocycles. The highest BCUT2D eigenvalue weighted by Gasteiger charge is 2.00. The van der Waals surface area contributed by atoms with Gasteiger partial charge in [-0.15, -0.1) is 0 Å². The maximum atomic E-state index is 12.2. The van der Waals surface area contributed by atoms with Gasteiger partial charge in [-0.1, -0.05) is 58.3 Å². The summed E-state index contributed by atoms with van der Waals surface area (Å²) in [4.78, 5) is 0. The molecule has 0 aromatic carbocycles. The Bertz CT molecular complexity index is 276. The lowest BCUT2D eigenvalue weighted by Gasteiger charge is -2.33. The van der Waals surface area contributed by atoms with Gasteiger partial charge in [-0.05, 0) is 12.8 Å². The summed E-state index contributed by atoms with van der Waals surface area (Å²) in [6.45, 7) is -4.29. The fourth-order valence-electron chi connectivity index (χ4n) is 1.82. The van der Waals surface area contributed by atoms with Gasteiger partial charge in [0.05, 0.1) is 28.7 Å². The van der Waals surface area contributed by atoms with E-state index in [9.17, 15) is 5.21 Å². The summed E-state index contributed by atoms with van der Waals surface area (Å²) in [6, 6.07) is 0. The lowest BCUT2D eigenvalue weighted by molar-refractivity contribution is -0.840. The zero-order valence-corrected chi connectivity index (χ0v) is 10.6. The Kier molecular flexibility index (Phi) is 5.11. The summed E-state index contributed by atoms with van der Waals surface area (Å²) >= 11 is 0. The zero-order chi connectivity index (χ0) is 17.3. The molecule has 0 atom stereocenters. The van der Waals surface area contributed by atoms with Gasteiger partial charge in [0, 0.05) is 0 Å². The maximum absolute atomic E-state index is 12.2. The van der Waals surface area contributed by atoms with Crippen LogP contribution in [0.15, 0.2) is 0 Å². The molecule has 0 saturated carbocycles. The van der Waals surface area contributed by atoms with E-state index in [4.69, 9.17) is 8.22 Å². The molecular formula is C14H31NO. The first-order valence-electron chi connectivity index (χ1n) is 9.65. The maximum Gasteiger partial charge on any atom is 0.0890 e. The summed E-state index contributed by atoms with van der Waals surface area (Å²) in [5, 5.41) is 12.2. The highest BCUT2D eigenvalue weighted by Crippen LogP contribution is 2.11. The average Bonchev–Trinajstić information content (AvgIpc) is 2.38. The molecule has 2 heteroatoms. The number of hydrogen-bond donors (Lipinski definition) is 0. The quantitative estimate of drug-likeness (QED) is 0.294. The molecule has 16 heavy (non-hydrogen) atoms. The second-order valence-corrected chi connectivity index (χ2v) is 4.65. The van der Waals surface area contributed by atoms with E-state index in [0.29, 0.717) is 12.8 Å². The van der Waals surface area contributed by atoms with Gasteiger partial charge >= 0.3 is 0 Å². The summed E-state index contributed by atoms with van der Waals surface area (Å²) in [6.07, 6.45) is 10.5. The SMILES string of the molecule is [2H]C([2H])([2H])[N+]([O-])(CCCCCCCCCCCC)C([2H])([2H])[2H]. The van der Waals surface area contributed by atoms with E-state index in [1.807, 2.05) is 0 Å². The molecule has 2 nitrogen and oxygen atoms in total. The van der Waals surface area contributed by atoms with Crippen LogP contribution in [0.4, 0.5) is 0 Å². The molecule has 0 spiro atoms. The van der Waals surface area contributed by atoms with Gasteiger partial charge in [0.1, 0.15) is 0 Å². The largest absolute Gasteiger partial charge is 0.633 e. The van der Waals surface area contributed by atoms with Crippen LogP contribution in [0.3, 0.4) is 0 Å². The van der Waals surface area contributed by atoms with E-state index in [1.165, 1.54) is 32.1 Å². The zero-order valence-electron chi connectivity index (χ0n) is 16.6. The first-order chi connectivity index (χ1) is 10.1. The molecule has 98 valence electrons. The number of hydroxylamine groups is 3. The fraction of sp³-hybridized carbons (Fsp3) is 1.00. The Morgan fingerprint density at radius 3 is 1.69 bits per heavy atom. The molecule has 0 radical (unpaired) electrons. The molecule has 0 unspecified atom stereocenters. The molecule has 0 aliphatic heterocycles. The van der Waals surface area contributed by atoms with E-state index in [1.54, 1.807) is 0 Å². The molecule has 0 aliphatic rings. The summed E-state index contributed by atoms with van der Waals surface area (Å²) in [5.74, 6) is 0. The van der Waals surface area contributed by atoms with Crippen molar-refractivity contribution in [3.8, 4) is 0 Å². The third-order valence-electron chi connectivity index (χ3n) is 2.83. The van der Waals surface area contributed by atoms with E-state index >= 15 is 0 Å². The van der Waals surface area contributed by atoms with Crippen molar-refractivity contribution in [1.29, 1.82) is 0 Å². The van der Waals surface area contributed by atoms with Crippen LogP contribution >= 0.6 is 0 Å². The summed E-state index contributed by atoms with van der Waals surface area (Å²) in [7, 11) is 0. The van der Waals surface area contributed by atoms with Crippen LogP contribution in [0.5, 0.6) is 0 Å². The lowest BCUT2D eigenvalue weighted by atomic mass is 10.1. The van der Waals surface area contributed by atoms with Crippen LogP contribution in [-0.4, -0.2) is 25.1 Å². The van der Waals surface area contributed by atoms with Crippen molar-refractivity contribution in [2.75, 3.05) is 20.5 Å². The van der Waals surface area contributed by atoms with Crippen molar-refractivity contribution < 1.29 is 12.9 Å². The topological polar surface area (TPSA) is 23.1 Å². The highest BCUT2D eigenvalue weighted by molar-refractivity contribution is 4.47. The van der Waals surface area contributed by atoms with Crippen molar-refractivity contribution >= 4 is 0 Å². The van der Waals surface area contributed by atoms with Gasteiger partial charge < -0.3 is 9.85 Å². The molecule has 0 aromatic heterocycles. The van der Waals surface area contributed by atoms with Crippen LogP contribution < -0.4 is 0 Å². The first kappa shape index (κ1) is 8.10. The van der Waals surface area contributed by atoms with E-state index in [-0.39, 0.29) is 6.54 Å². The van der Waals surface area contributed by atoms with Crippen LogP contribution in [0.1, 0.15) is 79.4 Å². The van der Waals surface area contributed by atoms with Gasteiger partial charge in [0.2, 0.25) is 0 Å². The van der Waals surface area contributed by atoms with Gasteiger partial charge in [-0.25, -0.2) is 0 Å². The Morgan fingerprint density at radius 1 is 0.812 bits per heavy atom. The molecule has 0 N–H and O–H groups in total. The minimum atomic E-state index is -3.05. The molecule has 0 fully saturated rings. The smallest absolute Gasteiger partial charge is 0.0890 e. The third kappa shape index (κ3) is 13.9. The second kappa shape index (κ2) is 10.1. The van der Waals surface area contributed by atoms with Crippen molar-refractivity contribution in [1.82, 2.24) is 0 Å². The lowest BCUT2D eigenvalue weighted by Crippen LogP contribution is -2.32. The average molecular weight is 235 g/mol. The number of unbranched alkanes of at least 4 members (excludes halogenated alkanes) is 9. The van der Waals surface area contributed by atoms with Crippen molar-refractivity contribution in [3.63, 3.8) is 0 Å². The Morgan fingerprint density at radius 2 is 1.25 bits per heavy atom. The number of quaternary nitrogens is 1. The van der Waals surface area contributed by atoms with E-state index < -0.39 is 18.6 Å². The summed E-state index contributed by atoms with van der Waals surface area (Å²) < 4.78 is 41.1. The minimum absolute atomic E-state index is 0.343. The van der Waals surface area contributed by atoms with Crippen LogP contribution in [0.2, 0.25) is 0 Å². The van der Waals surface area contributed by atoms with Gasteiger partial charge in [-0.2, -0.15) is 0 Å². The monoisotopic (exact) mass is 235 g/mol. The van der Waals surface area contributed by atoms with Crippen LogP contribution in [-0.2, 0) is 0 Å². The van der Waals surface area contributed by atoms with Crippen molar-refractivity contribution in [2.45, 2.75) is 71.1 Å². The van der Waals surface area contributed by atoms with E-state index in [2.05, 4.69) is 6.92 Å². The standard InChI is InChI=1S/C14H31NO/c1-4-5-6-7-8-9-10-11-12-13-14-15(2,3)16/h4-14H2,1-3H3/i2D3,3D3. The third-order valence-corrected chi connectivity index (χ3v) is 2.83. The Hall–Kier alpha value is -0.0800. The van der Waals surface area contributed by atoms with Gasteiger partial charge in [0.25, 0.3) is 0 Å². The molecule has 0 bridgehead atoms. The predicted octanol–water partition coefficient (Wildman–Crippen LogP) is 4.48. The molecule has 0 aliphatic carbocycles. The van der Waals surface area contributed by atoms with Gasteiger partial charge in [0.15, 0.2) is 0 Å². The van der Waals surface area contributed by atoms with Crippen LogP contribution in [0.25, 0.3) is 0 Å². The number of hydrogen-bond acceptors (Lipinski definition) is 1. The molecule has 0 aromatic rings. The highest BCUT2D eigenvalue weighted by atomic mass is 16.5. The Balaban J connectivity index is 3.89. The summed E-state index contributed by atoms with van der Waals surface area (Å²) in [5.41, 5.74) is 0.